The summed E-state index contributed by atoms with van der Waals surface area (Å²) in [5.74, 6) is 0.599. The van der Waals surface area contributed by atoms with Crippen molar-refractivity contribution >= 4 is 23.2 Å². The van der Waals surface area contributed by atoms with E-state index in [2.05, 4.69) is 27.7 Å². The van der Waals surface area contributed by atoms with E-state index in [1.165, 1.54) is 44.1 Å². The molecule has 7 nitrogen and oxygen atoms in total. The van der Waals surface area contributed by atoms with Crippen molar-refractivity contribution in [2.24, 2.45) is 11.7 Å². The van der Waals surface area contributed by atoms with Crippen LogP contribution in [0.1, 0.15) is 69.1 Å². The molecule has 4 rings (SSSR count). The lowest BCUT2D eigenvalue weighted by atomic mass is 9.88. The molecule has 2 heterocycles. The zero-order valence-electron chi connectivity index (χ0n) is 20.6. The maximum atomic E-state index is 13.4. The molecule has 2 amide bonds. The lowest BCUT2D eigenvalue weighted by Crippen LogP contribution is -2.50. The summed E-state index contributed by atoms with van der Waals surface area (Å²) in [5.41, 5.74) is 6.04. The van der Waals surface area contributed by atoms with Gasteiger partial charge in [0, 0.05) is 49.7 Å². The Morgan fingerprint density at radius 2 is 1.94 bits per heavy atom. The number of nitrogens with zero attached hydrogens (tertiary/aromatic N) is 2. The van der Waals surface area contributed by atoms with Crippen LogP contribution in [0.4, 0.5) is 0 Å². The Kier molecular flexibility index (Phi) is 9.39. The van der Waals surface area contributed by atoms with Gasteiger partial charge in [0.05, 0.1) is 0 Å². The molecule has 1 aromatic heterocycles. The zero-order valence-corrected chi connectivity index (χ0v) is 21.4. The standard InChI is InChI=1S/C26H42N4O3S/c1-33-18-25(31)30-16-22(14-24(30)26(32)28-21-11-9-20(27)10-12-21)29(17-23-8-5-13-34-23)15-19-6-3-2-4-7-19/h5,8,13,19-22,24H,2-4,6-7,9-12,14-18,27H2,1H3,(H,28,32). The number of ether oxygens (including phenoxy) is 1. The normalized spacial score (nSPS) is 28.4. The van der Waals surface area contributed by atoms with Gasteiger partial charge in [0.1, 0.15) is 12.6 Å². The van der Waals surface area contributed by atoms with Crippen LogP contribution >= 0.6 is 11.3 Å². The predicted molar refractivity (Wildman–Crippen MR) is 135 cm³/mol. The number of nitrogens with two attached hydrogens (primary N) is 1. The molecule has 2 aliphatic carbocycles. The molecule has 3 N–H and O–H groups in total. The molecule has 3 aliphatic rings. The number of hydrogen-bond donors (Lipinski definition) is 2. The SMILES string of the molecule is COCC(=O)N1CC(N(Cc2cccs2)CC2CCCCC2)CC1C(=O)NC1CCC(N)CC1. The molecule has 0 radical (unpaired) electrons. The van der Waals surface area contributed by atoms with Crippen molar-refractivity contribution in [2.45, 2.75) is 94.9 Å². The summed E-state index contributed by atoms with van der Waals surface area (Å²) in [5, 5.41) is 5.38. The molecule has 0 aromatic carbocycles. The van der Waals surface area contributed by atoms with Crippen LogP contribution in [-0.2, 0) is 20.9 Å². The Morgan fingerprint density at radius 3 is 2.62 bits per heavy atom. The van der Waals surface area contributed by atoms with Crippen molar-refractivity contribution < 1.29 is 14.3 Å². The number of methoxy groups -OCH3 is 1. The second-order valence-corrected chi connectivity index (χ2v) is 11.5. The van der Waals surface area contributed by atoms with E-state index in [9.17, 15) is 9.59 Å². The van der Waals surface area contributed by atoms with E-state index >= 15 is 0 Å². The van der Waals surface area contributed by atoms with Crippen LogP contribution in [0.5, 0.6) is 0 Å². The van der Waals surface area contributed by atoms with Crippen molar-refractivity contribution in [1.29, 1.82) is 0 Å². The third-order valence-corrected chi connectivity index (χ3v) is 8.82. The van der Waals surface area contributed by atoms with Gasteiger partial charge in [0.15, 0.2) is 0 Å². The topological polar surface area (TPSA) is 87.9 Å². The van der Waals surface area contributed by atoms with Gasteiger partial charge in [-0.2, -0.15) is 0 Å². The first kappa shape index (κ1) is 25.6. The number of carbonyl (C=O) groups excluding carboxylic acids is 2. The molecule has 2 atom stereocenters. The fraction of sp³-hybridized carbons (Fsp3) is 0.769. The maximum absolute atomic E-state index is 13.4. The highest BCUT2D eigenvalue weighted by atomic mass is 32.1. The molecule has 1 aromatic rings. The molecular weight excluding hydrogens is 448 g/mol. The van der Waals surface area contributed by atoms with Crippen LogP contribution in [0, 0.1) is 5.92 Å². The molecule has 8 heteroatoms. The zero-order chi connectivity index (χ0) is 23.9. The number of carbonyl (C=O) groups is 2. The van der Waals surface area contributed by atoms with Gasteiger partial charge in [-0.05, 0) is 62.3 Å². The van der Waals surface area contributed by atoms with E-state index in [1.807, 2.05) is 0 Å². The van der Waals surface area contributed by atoms with Crippen molar-refractivity contribution in [2.75, 3.05) is 26.8 Å². The predicted octanol–water partition coefficient (Wildman–Crippen LogP) is 3.13. The fourth-order valence-corrected chi connectivity index (χ4v) is 6.75. The molecule has 2 saturated carbocycles. The summed E-state index contributed by atoms with van der Waals surface area (Å²) in [6, 6.07) is 4.46. The maximum Gasteiger partial charge on any atom is 0.249 e. The summed E-state index contributed by atoms with van der Waals surface area (Å²) in [7, 11) is 1.54. The Bertz CT molecular complexity index is 775. The minimum absolute atomic E-state index is 0.0128. The lowest BCUT2D eigenvalue weighted by molar-refractivity contribution is -0.141. The van der Waals surface area contributed by atoms with Crippen molar-refractivity contribution in [3.8, 4) is 0 Å². The highest BCUT2D eigenvalue weighted by Crippen LogP contribution is 2.30. The summed E-state index contributed by atoms with van der Waals surface area (Å²) in [4.78, 5) is 32.0. The van der Waals surface area contributed by atoms with Gasteiger partial charge in [-0.25, -0.2) is 0 Å². The summed E-state index contributed by atoms with van der Waals surface area (Å²) < 4.78 is 5.16. The minimum Gasteiger partial charge on any atom is -0.375 e. The van der Waals surface area contributed by atoms with E-state index < -0.39 is 6.04 Å². The number of thiophene rings is 1. The average Bonchev–Trinajstić information content (AvgIpc) is 3.51. The quantitative estimate of drug-likeness (QED) is 0.555. The van der Waals surface area contributed by atoms with Crippen molar-refractivity contribution in [3.05, 3.63) is 22.4 Å². The van der Waals surface area contributed by atoms with Crippen LogP contribution in [0.25, 0.3) is 0 Å². The Hall–Kier alpha value is -1.48. The number of hydrogen-bond acceptors (Lipinski definition) is 6. The van der Waals surface area contributed by atoms with Gasteiger partial charge in [-0.1, -0.05) is 25.3 Å². The van der Waals surface area contributed by atoms with Crippen LogP contribution in [-0.4, -0.2) is 72.6 Å². The third-order valence-electron chi connectivity index (χ3n) is 7.96. The summed E-state index contributed by atoms with van der Waals surface area (Å²) >= 11 is 1.79. The summed E-state index contributed by atoms with van der Waals surface area (Å²) in [6.45, 7) is 2.54. The number of nitrogens with one attached hydrogen (secondary N) is 1. The second kappa shape index (κ2) is 12.5. The van der Waals surface area contributed by atoms with Gasteiger partial charge < -0.3 is 20.7 Å². The van der Waals surface area contributed by atoms with Gasteiger partial charge in [-0.15, -0.1) is 11.3 Å². The van der Waals surface area contributed by atoms with E-state index in [0.717, 1.165) is 38.8 Å². The van der Waals surface area contributed by atoms with E-state index in [-0.39, 0.29) is 36.5 Å². The third kappa shape index (κ3) is 6.80. The molecule has 1 aliphatic heterocycles. The molecule has 34 heavy (non-hydrogen) atoms. The summed E-state index contributed by atoms with van der Waals surface area (Å²) in [6.07, 6.45) is 11.0. The largest absolute Gasteiger partial charge is 0.375 e. The Morgan fingerprint density at radius 1 is 1.18 bits per heavy atom. The van der Waals surface area contributed by atoms with Gasteiger partial charge >= 0.3 is 0 Å². The molecule has 190 valence electrons. The average molecular weight is 491 g/mol. The molecule has 0 bridgehead atoms. The fourth-order valence-electron chi connectivity index (χ4n) is 6.02. The minimum atomic E-state index is -0.430. The first-order valence-corrected chi connectivity index (χ1v) is 14.0. The monoisotopic (exact) mass is 490 g/mol. The Labute approximate surface area is 208 Å². The smallest absolute Gasteiger partial charge is 0.249 e. The van der Waals surface area contributed by atoms with E-state index in [1.54, 1.807) is 16.2 Å². The van der Waals surface area contributed by atoms with Crippen LogP contribution in [0.3, 0.4) is 0 Å². The van der Waals surface area contributed by atoms with Gasteiger partial charge in [0.2, 0.25) is 11.8 Å². The van der Waals surface area contributed by atoms with Crippen LogP contribution < -0.4 is 11.1 Å². The van der Waals surface area contributed by atoms with Crippen molar-refractivity contribution in [1.82, 2.24) is 15.1 Å². The molecule has 0 spiro atoms. The van der Waals surface area contributed by atoms with Crippen LogP contribution in [0.2, 0.25) is 0 Å². The van der Waals surface area contributed by atoms with E-state index in [4.69, 9.17) is 10.5 Å². The first-order valence-electron chi connectivity index (χ1n) is 13.1. The van der Waals surface area contributed by atoms with Gasteiger partial charge in [-0.3, -0.25) is 14.5 Å². The first-order chi connectivity index (χ1) is 16.5. The van der Waals surface area contributed by atoms with Crippen molar-refractivity contribution in [3.63, 3.8) is 0 Å². The number of rotatable bonds is 9. The lowest BCUT2D eigenvalue weighted by Gasteiger charge is -2.33. The molecular formula is C26H42N4O3S. The highest BCUT2D eigenvalue weighted by Gasteiger charge is 2.42. The molecule has 2 unspecified atom stereocenters. The highest BCUT2D eigenvalue weighted by molar-refractivity contribution is 7.09. The number of likely N-dealkylation sites (tertiary alicyclic amines) is 1. The van der Waals surface area contributed by atoms with Crippen LogP contribution in [0.15, 0.2) is 17.5 Å². The molecule has 1 saturated heterocycles. The van der Waals surface area contributed by atoms with Gasteiger partial charge in [0.25, 0.3) is 0 Å². The molecule has 3 fully saturated rings. The van der Waals surface area contributed by atoms with E-state index in [0.29, 0.717) is 18.9 Å². The second-order valence-electron chi connectivity index (χ2n) is 10.5. The Balaban J connectivity index is 1.47. The number of amides is 2.